The summed E-state index contributed by atoms with van der Waals surface area (Å²) in [5.41, 5.74) is 4.67. The molecule has 126 valence electrons. The standard InChI is InChI=1S/C22H16N2O2/c1-15-19-13-12-18(24(25)26)14-20(19)21(16-8-4-2-5-9-16)22(23-15)17-10-6-3-7-11-17/h2-14H,1H3. The van der Waals surface area contributed by atoms with Crippen LogP contribution in [-0.2, 0) is 0 Å². The lowest BCUT2D eigenvalue weighted by atomic mass is 9.93. The number of pyridine rings is 1. The van der Waals surface area contributed by atoms with Crippen molar-refractivity contribution in [2.24, 2.45) is 0 Å². The highest BCUT2D eigenvalue weighted by molar-refractivity contribution is 6.04. The largest absolute Gasteiger partial charge is 0.270 e. The number of rotatable bonds is 3. The van der Waals surface area contributed by atoms with Crippen molar-refractivity contribution >= 4 is 16.5 Å². The van der Waals surface area contributed by atoms with Gasteiger partial charge >= 0.3 is 0 Å². The number of benzene rings is 3. The van der Waals surface area contributed by atoms with E-state index in [2.05, 4.69) is 0 Å². The zero-order valence-corrected chi connectivity index (χ0v) is 14.2. The van der Waals surface area contributed by atoms with E-state index < -0.39 is 0 Å². The maximum atomic E-state index is 11.3. The quantitative estimate of drug-likeness (QED) is 0.350. The number of hydrogen-bond donors (Lipinski definition) is 0. The van der Waals surface area contributed by atoms with Gasteiger partial charge in [-0.05, 0) is 18.6 Å². The molecule has 0 aliphatic carbocycles. The molecule has 4 rings (SSSR count). The zero-order chi connectivity index (χ0) is 18.1. The van der Waals surface area contributed by atoms with E-state index in [0.717, 1.165) is 38.9 Å². The van der Waals surface area contributed by atoms with Gasteiger partial charge in [-0.15, -0.1) is 0 Å². The number of nitrogens with zero attached hydrogens (tertiary/aromatic N) is 2. The minimum absolute atomic E-state index is 0.0827. The highest BCUT2D eigenvalue weighted by Gasteiger charge is 2.18. The van der Waals surface area contributed by atoms with Crippen molar-refractivity contribution < 1.29 is 4.92 Å². The van der Waals surface area contributed by atoms with Gasteiger partial charge in [0.05, 0.1) is 10.6 Å². The van der Waals surface area contributed by atoms with E-state index in [-0.39, 0.29) is 10.6 Å². The number of nitro benzene ring substituents is 1. The van der Waals surface area contributed by atoms with E-state index in [0.29, 0.717) is 0 Å². The minimum Gasteiger partial charge on any atom is -0.258 e. The van der Waals surface area contributed by atoms with E-state index in [9.17, 15) is 10.1 Å². The summed E-state index contributed by atoms with van der Waals surface area (Å²) in [5, 5.41) is 13.1. The highest BCUT2D eigenvalue weighted by Crippen LogP contribution is 2.39. The first kappa shape index (κ1) is 16.0. The number of fused-ring (bicyclic) bond motifs is 1. The van der Waals surface area contributed by atoms with Crippen LogP contribution in [0.1, 0.15) is 5.69 Å². The van der Waals surface area contributed by atoms with Crippen molar-refractivity contribution in [3.8, 4) is 22.4 Å². The van der Waals surface area contributed by atoms with E-state index in [1.54, 1.807) is 12.1 Å². The second kappa shape index (κ2) is 6.41. The molecule has 0 radical (unpaired) electrons. The Kier molecular flexibility index (Phi) is 3.93. The predicted molar refractivity (Wildman–Crippen MR) is 104 cm³/mol. The Labute approximate surface area is 150 Å². The SMILES string of the molecule is Cc1nc(-c2ccccc2)c(-c2ccccc2)c2cc([N+](=O)[O-])ccc12. The Morgan fingerprint density at radius 3 is 2.04 bits per heavy atom. The summed E-state index contributed by atoms with van der Waals surface area (Å²) >= 11 is 0. The lowest BCUT2D eigenvalue weighted by Gasteiger charge is -2.15. The molecule has 0 saturated heterocycles. The van der Waals surface area contributed by atoms with Crippen LogP contribution < -0.4 is 0 Å². The van der Waals surface area contributed by atoms with Crippen LogP contribution in [0.2, 0.25) is 0 Å². The molecule has 26 heavy (non-hydrogen) atoms. The highest BCUT2D eigenvalue weighted by atomic mass is 16.6. The summed E-state index contributed by atoms with van der Waals surface area (Å²) in [6, 6.07) is 24.8. The van der Waals surface area contributed by atoms with E-state index >= 15 is 0 Å². The summed E-state index contributed by atoms with van der Waals surface area (Å²) in [7, 11) is 0. The third kappa shape index (κ3) is 2.71. The average molecular weight is 340 g/mol. The first-order chi connectivity index (χ1) is 12.6. The summed E-state index contributed by atoms with van der Waals surface area (Å²) in [6.07, 6.45) is 0. The van der Waals surface area contributed by atoms with Crippen molar-refractivity contribution in [3.05, 3.63) is 94.7 Å². The number of non-ortho nitro benzene ring substituents is 1. The van der Waals surface area contributed by atoms with Gasteiger partial charge in [-0.2, -0.15) is 0 Å². The van der Waals surface area contributed by atoms with Crippen LogP contribution in [0.4, 0.5) is 5.69 Å². The van der Waals surface area contributed by atoms with E-state index in [1.165, 1.54) is 6.07 Å². The van der Waals surface area contributed by atoms with Crippen molar-refractivity contribution in [1.82, 2.24) is 4.98 Å². The molecule has 0 N–H and O–H groups in total. The molecular weight excluding hydrogens is 324 g/mol. The summed E-state index contributed by atoms with van der Waals surface area (Å²) < 4.78 is 0. The molecule has 1 aromatic heterocycles. The maximum absolute atomic E-state index is 11.3. The van der Waals surface area contributed by atoms with Gasteiger partial charge in [-0.1, -0.05) is 60.7 Å². The monoisotopic (exact) mass is 340 g/mol. The van der Waals surface area contributed by atoms with Crippen molar-refractivity contribution in [2.75, 3.05) is 0 Å². The van der Waals surface area contributed by atoms with Gasteiger partial charge in [0.15, 0.2) is 0 Å². The fourth-order valence-electron chi connectivity index (χ4n) is 3.28. The molecule has 4 aromatic rings. The molecule has 4 heteroatoms. The summed E-state index contributed by atoms with van der Waals surface area (Å²) in [6.45, 7) is 1.94. The molecule has 0 bridgehead atoms. The van der Waals surface area contributed by atoms with Crippen molar-refractivity contribution in [2.45, 2.75) is 6.92 Å². The molecule has 0 spiro atoms. The molecule has 0 saturated carbocycles. The number of nitro groups is 1. The van der Waals surface area contributed by atoms with Crippen LogP contribution in [0.15, 0.2) is 78.9 Å². The van der Waals surface area contributed by atoms with Gasteiger partial charge in [-0.25, -0.2) is 0 Å². The predicted octanol–water partition coefficient (Wildman–Crippen LogP) is 5.79. The van der Waals surface area contributed by atoms with Crippen LogP contribution in [-0.4, -0.2) is 9.91 Å². The van der Waals surface area contributed by atoms with Crippen molar-refractivity contribution in [3.63, 3.8) is 0 Å². The third-order valence-corrected chi connectivity index (χ3v) is 4.50. The van der Waals surface area contributed by atoms with Gasteiger partial charge in [0, 0.05) is 39.7 Å². The molecule has 1 heterocycles. The molecule has 0 aliphatic heterocycles. The number of aromatic nitrogens is 1. The lowest BCUT2D eigenvalue weighted by molar-refractivity contribution is -0.384. The molecular formula is C22H16N2O2. The first-order valence-electron chi connectivity index (χ1n) is 8.35. The molecule has 0 unspecified atom stereocenters. The van der Waals surface area contributed by atoms with Gasteiger partial charge in [0.1, 0.15) is 0 Å². The number of aryl methyl sites for hydroxylation is 1. The second-order valence-corrected chi connectivity index (χ2v) is 6.14. The van der Waals surface area contributed by atoms with Gasteiger partial charge < -0.3 is 0 Å². The molecule has 0 amide bonds. The Morgan fingerprint density at radius 2 is 1.42 bits per heavy atom. The van der Waals surface area contributed by atoms with Crippen LogP contribution in [0.5, 0.6) is 0 Å². The number of hydrogen-bond acceptors (Lipinski definition) is 3. The average Bonchev–Trinajstić information content (AvgIpc) is 2.68. The first-order valence-corrected chi connectivity index (χ1v) is 8.35. The molecule has 3 aromatic carbocycles. The zero-order valence-electron chi connectivity index (χ0n) is 14.2. The van der Waals surface area contributed by atoms with Gasteiger partial charge in [-0.3, -0.25) is 15.1 Å². The van der Waals surface area contributed by atoms with Crippen molar-refractivity contribution in [1.29, 1.82) is 0 Å². The summed E-state index contributed by atoms with van der Waals surface area (Å²) in [4.78, 5) is 15.8. The normalized spacial score (nSPS) is 10.8. The third-order valence-electron chi connectivity index (χ3n) is 4.50. The Balaban J connectivity index is 2.15. The Bertz CT molecular complexity index is 1110. The Hall–Kier alpha value is -3.53. The molecule has 0 fully saturated rings. The van der Waals surface area contributed by atoms with Crippen LogP contribution in [0.3, 0.4) is 0 Å². The summed E-state index contributed by atoms with van der Waals surface area (Å²) in [5.74, 6) is 0. The minimum atomic E-state index is -0.355. The van der Waals surface area contributed by atoms with E-state index in [4.69, 9.17) is 4.98 Å². The van der Waals surface area contributed by atoms with Gasteiger partial charge in [0.25, 0.3) is 5.69 Å². The lowest BCUT2D eigenvalue weighted by Crippen LogP contribution is -1.96. The van der Waals surface area contributed by atoms with Crippen LogP contribution in [0, 0.1) is 17.0 Å². The molecule has 4 nitrogen and oxygen atoms in total. The second-order valence-electron chi connectivity index (χ2n) is 6.14. The van der Waals surface area contributed by atoms with Crippen LogP contribution >= 0.6 is 0 Å². The smallest absolute Gasteiger partial charge is 0.258 e. The fraction of sp³-hybridized carbons (Fsp3) is 0.0455. The molecule has 0 atom stereocenters. The topological polar surface area (TPSA) is 56.0 Å². The fourth-order valence-corrected chi connectivity index (χ4v) is 3.28. The molecule has 0 aliphatic rings. The van der Waals surface area contributed by atoms with Gasteiger partial charge in [0.2, 0.25) is 0 Å². The van der Waals surface area contributed by atoms with E-state index in [1.807, 2.05) is 67.6 Å². The Morgan fingerprint density at radius 1 is 0.808 bits per heavy atom. The maximum Gasteiger partial charge on any atom is 0.270 e. The van der Waals surface area contributed by atoms with Crippen LogP contribution in [0.25, 0.3) is 33.2 Å².